The lowest BCUT2D eigenvalue weighted by Crippen LogP contribution is -1.98. The van der Waals surface area contributed by atoms with Gasteiger partial charge in [-0.05, 0) is 30.0 Å². The molecular formula is C14H14BrNS. The van der Waals surface area contributed by atoms with Crippen LogP contribution >= 0.6 is 27.7 Å². The van der Waals surface area contributed by atoms with Crippen LogP contribution in [0.4, 0.5) is 0 Å². The summed E-state index contributed by atoms with van der Waals surface area (Å²) < 4.78 is 0. The Balaban J connectivity index is 2.17. The molecule has 2 rings (SSSR count). The SMILES string of the molecule is CSc1ccccc1C(Br)Cc1ccccn1. The van der Waals surface area contributed by atoms with E-state index in [1.165, 1.54) is 10.5 Å². The smallest absolute Gasteiger partial charge is 0.0461 e. The van der Waals surface area contributed by atoms with Gasteiger partial charge >= 0.3 is 0 Å². The normalized spacial score (nSPS) is 12.4. The van der Waals surface area contributed by atoms with Crippen molar-refractivity contribution in [3.8, 4) is 0 Å². The Hall–Kier alpha value is -0.800. The summed E-state index contributed by atoms with van der Waals surface area (Å²) in [5, 5.41) is 0. The molecule has 0 radical (unpaired) electrons. The van der Waals surface area contributed by atoms with Gasteiger partial charge in [0, 0.05) is 28.0 Å². The van der Waals surface area contributed by atoms with Gasteiger partial charge in [0.1, 0.15) is 0 Å². The Bertz CT molecular complexity index is 473. The quantitative estimate of drug-likeness (QED) is 0.610. The summed E-state index contributed by atoms with van der Waals surface area (Å²) in [5.74, 6) is 0. The Morgan fingerprint density at radius 1 is 1.18 bits per heavy atom. The second-order valence-corrected chi connectivity index (χ2v) is 5.69. The summed E-state index contributed by atoms with van der Waals surface area (Å²) in [6.07, 6.45) is 4.87. The third-order valence-electron chi connectivity index (χ3n) is 2.59. The van der Waals surface area contributed by atoms with Gasteiger partial charge < -0.3 is 0 Å². The van der Waals surface area contributed by atoms with Gasteiger partial charge in [-0.1, -0.05) is 40.2 Å². The van der Waals surface area contributed by atoms with Gasteiger partial charge in [-0.25, -0.2) is 0 Å². The number of nitrogens with zero attached hydrogens (tertiary/aromatic N) is 1. The third kappa shape index (κ3) is 3.33. The van der Waals surface area contributed by atoms with E-state index in [9.17, 15) is 0 Å². The molecule has 0 aliphatic rings. The van der Waals surface area contributed by atoms with Crippen LogP contribution < -0.4 is 0 Å². The number of hydrogen-bond acceptors (Lipinski definition) is 2. The Morgan fingerprint density at radius 3 is 2.65 bits per heavy atom. The molecule has 17 heavy (non-hydrogen) atoms. The van der Waals surface area contributed by atoms with Crippen LogP contribution in [0.5, 0.6) is 0 Å². The summed E-state index contributed by atoms with van der Waals surface area (Å²) in [6.45, 7) is 0. The summed E-state index contributed by atoms with van der Waals surface area (Å²) in [7, 11) is 0. The van der Waals surface area contributed by atoms with E-state index in [0.717, 1.165) is 12.1 Å². The Labute approximate surface area is 115 Å². The van der Waals surface area contributed by atoms with E-state index in [0.29, 0.717) is 4.83 Å². The second kappa shape index (κ2) is 6.22. The molecule has 0 bridgehead atoms. The maximum atomic E-state index is 4.36. The molecule has 1 heterocycles. The first-order valence-corrected chi connectivity index (χ1v) is 7.62. The van der Waals surface area contributed by atoms with Crippen molar-refractivity contribution in [1.29, 1.82) is 0 Å². The fourth-order valence-corrected chi connectivity index (χ4v) is 3.28. The summed E-state index contributed by atoms with van der Waals surface area (Å²) >= 11 is 5.54. The van der Waals surface area contributed by atoms with E-state index in [2.05, 4.69) is 57.5 Å². The molecule has 1 unspecified atom stereocenters. The zero-order valence-corrected chi connectivity index (χ0v) is 12.0. The molecule has 1 aromatic heterocycles. The fraction of sp³-hybridized carbons (Fsp3) is 0.214. The maximum absolute atomic E-state index is 4.36. The molecule has 0 spiro atoms. The molecule has 0 N–H and O–H groups in total. The lowest BCUT2D eigenvalue weighted by Gasteiger charge is -2.13. The molecule has 1 aromatic carbocycles. The van der Waals surface area contributed by atoms with E-state index < -0.39 is 0 Å². The van der Waals surface area contributed by atoms with Gasteiger partial charge in [0.15, 0.2) is 0 Å². The van der Waals surface area contributed by atoms with E-state index in [4.69, 9.17) is 0 Å². The van der Waals surface area contributed by atoms with Crippen LogP contribution in [0.15, 0.2) is 53.6 Å². The van der Waals surface area contributed by atoms with Crippen LogP contribution in [0.1, 0.15) is 16.1 Å². The number of thioether (sulfide) groups is 1. The van der Waals surface area contributed by atoms with Crippen molar-refractivity contribution in [2.75, 3.05) is 6.26 Å². The molecule has 0 saturated heterocycles. The molecule has 1 nitrogen and oxygen atoms in total. The van der Waals surface area contributed by atoms with Gasteiger partial charge in [0.05, 0.1) is 0 Å². The summed E-state index contributed by atoms with van der Waals surface area (Å²) in [6, 6.07) is 14.5. The summed E-state index contributed by atoms with van der Waals surface area (Å²) in [4.78, 5) is 6.01. The van der Waals surface area contributed by atoms with E-state index in [-0.39, 0.29) is 0 Å². The number of pyridine rings is 1. The highest BCUT2D eigenvalue weighted by molar-refractivity contribution is 9.09. The summed E-state index contributed by atoms with van der Waals surface area (Å²) in [5.41, 5.74) is 2.45. The number of halogens is 1. The minimum absolute atomic E-state index is 0.320. The minimum Gasteiger partial charge on any atom is -0.261 e. The highest BCUT2D eigenvalue weighted by atomic mass is 79.9. The lowest BCUT2D eigenvalue weighted by molar-refractivity contribution is 0.887. The van der Waals surface area contributed by atoms with Crippen molar-refractivity contribution < 1.29 is 0 Å². The van der Waals surface area contributed by atoms with Crippen LogP contribution in [0.2, 0.25) is 0 Å². The van der Waals surface area contributed by atoms with Gasteiger partial charge in [-0.2, -0.15) is 0 Å². The first kappa shape index (κ1) is 12.7. The van der Waals surface area contributed by atoms with Crippen LogP contribution in [-0.2, 0) is 6.42 Å². The van der Waals surface area contributed by atoms with Gasteiger partial charge in [0.2, 0.25) is 0 Å². The standard InChI is InChI=1S/C14H14BrNS/c1-17-14-8-3-2-7-12(14)13(15)10-11-6-4-5-9-16-11/h2-9,13H,10H2,1H3. The van der Waals surface area contributed by atoms with Crippen LogP contribution in [0.3, 0.4) is 0 Å². The topological polar surface area (TPSA) is 12.9 Å². The third-order valence-corrected chi connectivity index (χ3v) is 4.22. The number of benzene rings is 1. The molecule has 1 atom stereocenters. The van der Waals surface area contributed by atoms with Crippen LogP contribution in [0.25, 0.3) is 0 Å². The molecule has 0 aliphatic carbocycles. The molecule has 0 aliphatic heterocycles. The number of alkyl halides is 1. The predicted octanol–water partition coefficient (Wildman–Crippen LogP) is 4.48. The van der Waals surface area contributed by atoms with Crippen molar-refractivity contribution in [1.82, 2.24) is 4.98 Å². The molecular weight excluding hydrogens is 294 g/mol. The van der Waals surface area contributed by atoms with Crippen molar-refractivity contribution >= 4 is 27.7 Å². The second-order valence-electron chi connectivity index (χ2n) is 3.73. The molecule has 0 saturated carbocycles. The molecule has 88 valence electrons. The molecule has 3 heteroatoms. The zero-order valence-electron chi connectivity index (χ0n) is 9.64. The van der Waals surface area contributed by atoms with Crippen molar-refractivity contribution in [3.05, 3.63) is 59.9 Å². The number of aromatic nitrogens is 1. The predicted molar refractivity (Wildman–Crippen MR) is 77.8 cm³/mol. The first-order valence-electron chi connectivity index (χ1n) is 5.48. The van der Waals surface area contributed by atoms with Crippen molar-refractivity contribution in [2.24, 2.45) is 0 Å². The van der Waals surface area contributed by atoms with Crippen LogP contribution in [-0.4, -0.2) is 11.2 Å². The molecule has 0 fully saturated rings. The van der Waals surface area contributed by atoms with Gasteiger partial charge in [-0.3, -0.25) is 4.98 Å². The van der Waals surface area contributed by atoms with Gasteiger partial charge in [0.25, 0.3) is 0 Å². The van der Waals surface area contributed by atoms with E-state index in [1.54, 1.807) is 11.8 Å². The van der Waals surface area contributed by atoms with E-state index >= 15 is 0 Å². The molecule has 0 amide bonds. The number of hydrogen-bond donors (Lipinski definition) is 0. The monoisotopic (exact) mass is 307 g/mol. The van der Waals surface area contributed by atoms with Gasteiger partial charge in [-0.15, -0.1) is 11.8 Å². The zero-order chi connectivity index (χ0) is 12.1. The van der Waals surface area contributed by atoms with Crippen molar-refractivity contribution in [2.45, 2.75) is 16.1 Å². The molecule has 2 aromatic rings. The average molecular weight is 308 g/mol. The largest absolute Gasteiger partial charge is 0.261 e. The van der Waals surface area contributed by atoms with E-state index in [1.807, 2.05) is 18.3 Å². The fourth-order valence-electron chi connectivity index (χ4n) is 1.74. The lowest BCUT2D eigenvalue weighted by atomic mass is 10.1. The Kier molecular flexibility index (Phi) is 4.63. The minimum atomic E-state index is 0.320. The first-order chi connectivity index (χ1) is 8.31. The highest BCUT2D eigenvalue weighted by Gasteiger charge is 2.12. The number of rotatable bonds is 4. The van der Waals surface area contributed by atoms with Crippen molar-refractivity contribution in [3.63, 3.8) is 0 Å². The Morgan fingerprint density at radius 2 is 1.94 bits per heavy atom. The maximum Gasteiger partial charge on any atom is 0.0461 e. The average Bonchev–Trinajstić information content (AvgIpc) is 2.40. The highest BCUT2D eigenvalue weighted by Crippen LogP contribution is 2.33. The van der Waals surface area contributed by atoms with Crippen LogP contribution in [0, 0.1) is 0 Å².